The molecule has 0 atom stereocenters. The van der Waals surface area contributed by atoms with Crippen LogP contribution in [0.5, 0.6) is 0 Å². The molecule has 0 aliphatic heterocycles. The second-order valence-electron chi connectivity index (χ2n) is 7.98. The minimum absolute atomic E-state index is 0.0456. The zero-order valence-electron chi connectivity index (χ0n) is 19.9. The van der Waals surface area contributed by atoms with Crippen molar-refractivity contribution in [3.63, 3.8) is 0 Å². The Morgan fingerprint density at radius 2 is 0.615 bits per heavy atom. The Morgan fingerprint density at radius 3 is 0.821 bits per heavy atom. The lowest BCUT2D eigenvalue weighted by Crippen LogP contribution is -2.24. The van der Waals surface area contributed by atoms with Crippen LogP contribution in [0.4, 0.5) is 22.7 Å². The summed E-state index contributed by atoms with van der Waals surface area (Å²) in [5.41, 5.74) is -1.05. The first-order valence-electron chi connectivity index (χ1n) is 11.2. The van der Waals surface area contributed by atoms with Gasteiger partial charge in [0.1, 0.15) is 0 Å². The highest BCUT2D eigenvalue weighted by Gasteiger charge is 2.35. The van der Waals surface area contributed by atoms with Crippen molar-refractivity contribution in [2.45, 2.75) is 0 Å². The first-order valence-corrected chi connectivity index (χ1v) is 14.2. The van der Waals surface area contributed by atoms with E-state index in [2.05, 4.69) is 0 Å². The molecule has 0 aliphatic carbocycles. The fraction of sp³-hybridized carbons (Fsp3) is 0.0400. The number of para-hydroxylation sites is 4. The highest BCUT2D eigenvalue weighted by molar-refractivity contribution is 7.89. The third-order valence-corrected chi connectivity index (χ3v) is 11.9. The molecule has 4 aromatic rings. The van der Waals surface area contributed by atoms with E-state index in [1.165, 1.54) is 72.8 Å². The van der Waals surface area contributed by atoms with Crippen LogP contribution in [-0.4, -0.2) is 25.6 Å². The average Bonchev–Trinajstić information content (AvgIpc) is 2.93. The topological polar surface area (TPSA) is 173 Å². The summed E-state index contributed by atoms with van der Waals surface area (Å²) in [7, 11) is -3.81. The standard InChI is InChI=1S/C25H18N4O8P2/c30-26(31)18-9-1-5-13-22(18)38(23-14-6-2-10-19(23)27(32)33)17-39(24-15-7-3-11-20(24)28(34)35)25-16-8-4-12-21(25)29(36)37/h1-16H,17H2. The Balaban J connectivity index is 2.04. The lowest BCUT2D eigenvalue weighted by molar-refractivity contribution is -0.384. The molecule has 0 aliphatic rings. The van der Waals surface area contributed by atoms with Crippen molar-refractivity contribution >= 4 is 59.8 Å². The van der Waals surface area contributed by atoms with Crippen molar-refractivity contribution < 1.29 is 19.7 Å². The van der Waals surface area contributed by atoms with Crippen LogP contribution in [0, 0.1) is 40.5 Å². The summed E-state index contributed by atoms with van der Waals surface area (Å²) >= 11 is 0. The van der Waals surface area contributed by atoms with E-state index in [4.69, 9.17) is 0 Å². The molecule has 4 rings (SSSR count). The van der Waals surface area contributed by atoms with Gasteiger partial charge in [0.25, 0.3) is 22.7 Å². The maximum absolute atomic E-state index is 12.0. The molecule has 0 saturated carbocycles. The van der Waals surface area contributed by atoms with Crippen LogP contribution in [0.1, 0.15) is 0 Å². The Labute approximate surface area is 223 Å². The van der Waals surface area contributed by atoms with Crippen molar-refractivity contribution in [3.8, 4) is 0 Å². The molecule has 12 nitrogen and oxygen atoms in total. The molecule has 0 saturated heterocycles. The third kappa shape index (κ3) is 5.77. The Kier molecular flexibility index (Phi) is 8.29. The first kappa shape index (κ1) is 27.4. The highest BCUT2D eigenvalue weighted by atomic mass is 31.2. The van der Waals surface area contributed by atoms with Gasteiger partial charge < -0.3 is 0 Å². The predicted octanol–water partition coefficient (Wildman–Crippen LogP) is 4.84. The largest absolute Gasteiger partial charge is 0.277 e. The maximum atomic E-state index is 12.0. The number of benzene rings is 4. The van der Waals surface area contributed by atoms with E-state index in [0.29, 0.717) is 0 Å². The number of hydrogen-bond donors (Lipinski definition) is 0. The van der Waals surface area contributed by atoms with Crippen LogP contribution in [0.2, 0.25) is 0 Å². The van der Waals surface area contributed by atoms with E-state index in [9.17, 15) is 40.5 Å². The molecule has 0 heterocycles. The van der Waals surface area contributed by atoms with Crippen LogP contribution in [0.25, 0.3) is 0 Å². The molecule has 0 bridgehead atoms. The van der Waals surface area contributed by atoms with Gasteiger partial charge in [0.2, 0.25) is 0 Å². The lowest BCUT2D eigenvalue weighted by atomic mass is 10.3. The molecule has 0 N–H and O–H groups in total. The molecule has 0 unspecified atom stereocenters. The Bertz CT molecular complexity index is 1370. The maximum Gasteiger partial charge on any atom is 0.277 e. The van der Waals surface area contributed by atoms with Gasteiger partial charge >= 0.3 is 0 Å². The van der Waals surface area contributed by atoms with Crippen molar-refractivity contribution in [2.24, 2.45) is 0 Å². The summed E-state index contributed by atoms with van der Waals surface area (Å²) in [6.07, 6.45) is 0. The van der Waals surface area contributed by atoms with E-state index < -0.39 is 35.5 Å². The normalized spacial score (nSPS) is 10.9. The Hall–Kier alpha value is -4.66. The van der Waals surface area contributed by atoms with E-state index in [1.807, 2.05) is 0 Å². The zero-order chi connectivity index (χ0) is 28.1. The SMILES string of the molecule is O=[N+]([O-])c1ccccc1P(CP(c1ccccc1[N+](=O)[O-])c1ccccc1[N+](=O)[O-])c1ccccc1[N+](=O)[O-]. The van der Waals surface area contributed by atoms with E-state index in [1.54, 1.807) is 24.3 Å². The number of rotatable bonds is 10. The summed E-state index contributed by atoms with van der Waals surface area (Å²) in [6.45, 7) is 0. The summed E-state index contributed by atoms with van der Waals surface area (Å²) in [5.74, 6) is -0.0456. The fourth-order valence-electron chi connectivity index (χ4n) is 4.09. The fourth-order valence-corrected chi connectivity index (χ4v) is 11.0. The zero-order valence-corrected chi connectivity index (χ0v) is 21.7. The molecule has 0 fully saturated rings. The van der Waals surface area contributed by atoms with Crippen LogP contribution in [0.3, 0.4) is 0 Å². The molecule has 196 valence electrons. The van der Waals surface area contributed by atoms with Gasteiger partial charge in [0.15, 0.2) is 0 Å². The van der Waals surface area contributed by atoms with Gasteiger partial charge in [0, 0.05) is 30.2 Å². The molecule has 0 aromatic heterocycles. The van der Waals surface area contributed by atoms with Crippen molar-refractivity contribution in [1.29, 1.82) is 0 Å². The van der Waals surface area contributed by atoms with Gasteiger partial charge in [-0.05, 0) is 40.1 Å². The monoisotopic (exact) mass is 564 g/mol. The van der Waals surface area contributed by atoms with Gasteiger partial charge in [-0.15, -0.1) is 0 Å². The molecule has 4 aromatic carbocycles. The molecule has 0 radical (unpaired) electrons. The smallest absolute Gasteiger partial charge is 0.258 e. The quantitative estimate of drug-likeness (QED) is 0.149. The van der Waals surface area contributed by atoms with E-state index in [-0.39, 0.29) is 49.9 Å². The Morgan fingerprint density at radius 1 is 0.410 bits per heavy atom. The van der Waals surface area contributed by atoms with Crippen LogP contribution in [-0.2, 0) is 0 Å². The summed E-state index contributed by atoms with van der Waals surface area (Å²) in [6, 6.07) is 23.4. The van der Waals surface area contributed by atoms with Gasteiger partial charge in [-0.25, -0.2) is 0 Å². The van der Waals surface area contributed by atoms with Crippen molar-refractivity contribution in [1.82, 2.24) is 0 Å². The van der Waals surface area contributed by atoms with Crippen LogP contribution >= 0.6 is 15.8 Å². The average molecular weight is 564 g/mol. The van der Waals surface area contributed by atoms with Crippen LogP contribution in [0.15, 0.2) is 97.1 Å². The number of hydrogen-bond acceptors (Lipinski definition) is 8. The van der Waals surface area contributed by atoms with E-state index >= 15 is 0 Å². The third-order valence-electron chi connectivity index (χ3n) is 5.76. The highest BCUT2D eigenvalue weighted by Crippen LogP contribution is 2.53. The molecular weight excluding hydrogens is 546 g/mol. The number of nitrogens with zero attached hydrogens (tertiary/aromatic N) is 4. The minimum Gasteiger partial charge on any atom is -0.258 e. The molecule has 0 amide bonds. The molecule has 39 heavy (non-hydrogen) atoms. The van der Waals surface area contributed by atoms with Crippen LogP contribution < -0.4 is 21.2 Å². The van der Waals surface area contributed by atoms with Gasteiger partial charge in [-0.1, -0.05) is 48.5 Å². The minimum atomic E-state index is -1.91. The predicted molar refractivity (Wildman–Crippen MR) is 150 cm³/mol. The second-order valence-corrected chi connectivity index (χ2v) is 12.8. The van der Waals surface area contributed by atoms with Gasteiger partial charge in [-0.3, -0.25) is 40.5 Å². The number of nitro groups is 4. The van der Waals surface area contributed by atoms with Gasteiger partial charge in [0.05, 0.1) is 40.9 Å². The first-order chi connectivity index (χ1) is 18.7. The summed E-state index contributed by atoms with van der Waals surface area (Å²) in [5, 5.41) is 48.9. The molecular formula is C25H18N4O8P2. The molecule has 14 heteroatoms. The van der Waals surface area contributed by atoms with Gasteiger partial charge in [-0.2, -0.15) is 0 Å². The van der Waals surface area contributed by atoms with Crippen molar-refractivity contribution in [3.05, 3.63) is 138 Å². The molecule has 0 spiro atoms. The second kappa shape index (κ2) is 11.8. The lowest BCUT2D eigenvalue weighted by Gasteiger charge is -2.25. The van der Waals surface area contributed by atoms with Crippen molar-refractivity contribution in [2.75, 3.05) is 5.90 Å². The summed E-state index contributed by atoms with van der Waals surface area (Å²) < 4.78 is 0. The summed E-state index contributed by atoms with van der Waals surface area (Å²) in [4.78, 5) is 45.6. The number of nitro benzene ring substituents is 4. The van der Waals surface area contributed by atoms with E-state index in [0.717, 1.165) is 0 Å².